The fourth-order valence-electron chi connectivity index (χ4n) is 3.63. The molecule has 1 aromatic carbocycles. The third-order valence-corrected chi connectivity index (χ3v) is 6.69. The van der Waals surface area contributed by atoms with Crippen LogP contribution in [-0.4, -0.2) is 33.0 Å². The Morgan fingerprint density at radius 2 is 2.12 bits per heavy atom. The van der Waals surface area contributed by atoms with Crippen molar-refractivity contribution in [1.29, 1.82) is 0 Å². The number of amides is 1. The summed E-state index contributed by atoms with van der Waals surface area (Å²) in [5, 5.41) is 2.62. The number of nitrogens with zero attached hydrogens (tertiary/aromatic N) is 4. The molecule has 3 aromatic rings. The number of piperidine rings is 1. The van der Waals surface area contributed by atoms with Gasteiger partial charge in [0.1, 0.15) is 17.6 Å². The summed E-state index contributed by atoms with van der Waals surface area (Å²) in [6, 6.07) is 3.38. The first kappa shape index (κ1) is 22.5. The summed E-state index contributed by atoms with van der Waals surface area (Å²) in [4.78, 5) is 36.1. The minimum Gasteiger partial charge on any atom is -0.345 e. The van der Waals surface area contributed by atoms with Crippen LogP contribution >= 0.6 is 22.9 Å². The number of aromatic nitrogens is 3. The van der Waals surface area contributed by atoms with Gasteiger partial charge in [-0.25, -0.2) is 4.98 Å². The summed E-state index contributed by atoms with van der Waals surface area (Å²) in [6.45, 7) is 2.57. The van der Waals surface area contributed by atoms with Crippen LogP contribution in [0.1, 0.15) is 31.7 Å². The van der Waals surface area contributed by atoms with Crippen LogP contribution in [0.4, 0.5) is 24.0 Å². The highest BCUT2D eigenvalue weighted by atomic mass is 35.5. The predicted octanol–water partition coefficient (Wildman–Crippen LogP) is 4.54. The molecular weight excluding hydrogens is 467 g/mol. The lowest BCUT2D eigenvalue weighted by Gasteiger charge is -2.32. The molecule has 32 heavy (non-hydrogen) atoms. The van der Waals surface area contributed by atoms with Crippen molar-refractivity contribution in [3.8, 4) is 0 Å². The van der Waals surface area contributed by atoms with Gasteiger partial charge in [0.05, 0.1) is 10.6 Å². The van der Waals surface area contributed by atoms with E-state index >= 15 is 0 Å². The molecule has 4 rings (SSSR count). The first-order valence-electron chi connectivity index (χ1n) is 9.92. The summed E-state index contributed by atoms with van der Waals surface area (Å²) in [6.07, 6.45) is -0.177. The van der Waals surface area contributed by atoms with Crippen LogP contribution in [0.2, 0.25) is 5.02 Å². The van der Waals surface area contributed by atoms with Crippen molar-refractivity contribution < 1.29 is 18.0 Å². The number of benzene rings is 1. The van der Waals surface area contributed by atoms with Crippen molar-refractivity contribution in [3.05, 3.63) is 45.5 Å². The molecule has 0 spiro atoms. The molecule has 170 valence electrons. The molecule has 1 fully saturated rings. The second-order valence-electron chi connectivity index (χ2n) is 7.61. The van der Waals surface area contributed by atoms with Crippen molar-refractivity contribution in [2.45, 2.75) is 44.9 Å². The predicted molar refractivity (Wildman–Crippen MR) is 117 cm³/mol. The maximum Gasteiger partial charge on any atom is 0.417 e. The van der Waals surface area contributed by atoms with Crippen molar-refractivity contribution in [3.63, 3.8) is 0 Å². The first-order valence-corrected chi connectivity index (χ1v) is 11.1. The van der Waals surface area contributed by atoms with Gasteiger partial charge < -0.3 is 10.2 Å². The lowest BCUT2D eigenvalue weighted by molar-refractivity contribution is -0.137. The van der Waals surface area contributed by atoms with Crippen LogP contribution in [0.5, 0.6) is 0 Å². The maximum absolute atomic E-state index is 13.0. The van der Waals surface area contributed by atoms with E-state index in [9.17, 15) is 22.8 Å². The molecular formula is C20H19ClF3N5O2S. The minimum atomic E-state index is -4.65. The number of thiazole rings is 1. The Morgan fingerprint density at radius 3 is 2.84 bits per heavy atom. The molecule has 1 aliphatic heterocycles. The summed E-state index contributed by atoms with van der Waals surface area (Å²) < 4.78 is 40.5. The van der Waals surface area contributed by atoms with Gasteiger partial charge in [0.2, 0.25) is 5.91 Å². The number of fused-ring (bicyclic) bond motifs is 1. The molecule has 0 saturated carbocycles. The lowest BCUT2D eigenvalue weighted by atomic mass is 10.1. The topological polar surface area (TPSA) is 80.1 Å². The fraction of sp³-hybridized carbons (Fsp3) is 0.400. The van der Waals surface area contributed by atoms with E-state index in [1.807, 2.05) is 0 Å². The van der Waals surface area contributed by atoms with Gasteiger partial charge in [0.25, 0.3) is 5.56 Å². The summed E-state index contributed by atoms with van der Waals surface area (Å²) >= 11 is 6.83. The highest BCUT2D eigenvalue weighted by Gasteiger charge is 2.33. The van der Waals surface area contributed by atoms with Crippen molar-refractivity contribution in [2.24, 2.45) is 0 Å². The van der Waals surface area contributed by atoms with Gasteiger partial charge in [-0.05, 0) is 44.4 Å². The number of anilines is 2. The van der Waals surface area contributed by atoms with E-state index in [-0.39, 0.29) is 5.69 Å². The van der Waals surface area contributed by atoms with E-state index in [1.165, 1.54) is 23.7 Å². The average Bonchev–Trinajstić information content (AvgIpc) is 3.16. The van der Waals surface area contributed by atoms with Crippen LogP contribution in [-0.2, 0) is 17.5 Å². The normalized spacial score (nSPS) is 17.0. The van der Waals surface area contributed by atoms with Gasteiger partial charge in [-0.1, -0.05) is 22.9 Å². The minimum absolute atomic E-state index is 0.0760. The molecule has 1 atom stereocenters. The number of rotatable bonds is 4. The van der Waals surface area contributed by atoms with Crippen molar-refractivity contribution in [2.75, 3.05) is 16.8 Å². The van der Waals surface area contributed by atoms with Crippen LogP contribution < -0.4 is 15.8 Å². The number of nitrogens with one attached hydrogen (secondary N) is 1. The van der Waals surface area contributed by atoms with Crippen molar-refractivity contribution in [1.82, 2.24) is 14.5 Å². The number of hydrogen-bond donors (Lipinski definition) is 1. The molecule has 0 aliphatic carbocycles. The largest absolute Gasteiger partial charge is 0.417 e. The molecule has 2 aromatic heterocycles. The molecule has 12 heteroatoms. The van der Waals surface area contributed by atoms with Gasteiger partial charge in [0, 0.05) is 18.3 Å². The van der Waals surface area contributed by atoms with Crippen LogP contribution in [0.15, 0.2) is 29.3 Å². The SMILES string of the molecule is C[C@H]1CCCCN1c1nc2ncn(CC(=O)Nc3ccc(Cl)c(C(F)(F)F)c3)c(=O)c2s1. The molecule has 1 amide bonds. The van der Waals surface area contributed by atoms with Gasteiger partial charge in [-0.15, -0.1) is 0 Å². The van der Waals surface area contributed by atoms with Gasteiger partial charge in [-0.3, -0.25) is 14.2 Å². The molecule has 1 aliphatic rings. The molecule has 7 nitrogen and oxygen atoms in total. The number of halogens is 4. The monoisotopic (exact) mass is 485 g/mol. The van der Waals surface area contributed by atoms with Crippen LogP contribution in [0.3, 0.4) is 0 Å². The van der Waals surface area contributed by atoms with E-state index in [1.54, 1.807) is 0 Å². The van der Waals surface area contributed by atoms with Crippen molar-refractivity contribution >= 4 is 50.0 Å². The highest BCUT2D eigenvalue weighted by molar-refractivity contribution is 7.22. The maximum atomic E-state index is 13.0. The Kier molecular flexibility index (Phi) is 6.13. The quantitative estimate of drug-likeness (QED) is 0.586. The molecule has 1 saturated heterocycles. The fourth-order valence-corrected chi connectivity index (χ4v) is 4.95. The molecule has 1 N–H and O–H groups in total. The zero-order valence-electron chi connectivity index (χ0n) is 16.9. The second kappa shape index (κ2) is 8.70. The zero-order chi connectivity index (χ0) is 23.0. The average molecular weight is 486 g/mol. The standard InChI is InChI=1S/C20H19ClF3N5O2S/c1-11-4-2-3-7-29(11)19-27-17-16(32-19)18(31)28(10-25-17)9-15(30)26-12-5-6-14(21)13(8-12)20(22,23)24/h5-6,8,10-11H,2-4,7,9H2,1H3,(H,26,30)/t11-/m0/s1. The van der Waals surface area contributed by atoms with E-state index in [0.29, 0.717) is 16.4 Å². The molecule has 0 radical (unpaired) electrons. The van der Waals surface area contributed by atoms with Gasteiger partial charge in [0.15, 0.2) is 10.8 Å². The second-order valence-corrected chi connectivity index (χ2v) is 8.99. The number of alkyl halides is 3. The first-order chi connectivity index (χ1) is 15.1. The van der Waals surface area contributed by atoms with E-state index in [4.69, 9.17) is 11.6 Å². The van der Waals surface area contributed by atoms with Gasteiger partial charge >= 0.3 is 6.18 Å². The van der Waals surface area contributed by atoms with Crippen LogP contribution in [0, 0.1) is 0 Å². The smallest absolute Gasteiger partial charge is 0.345 e. The number of carbonyl (C=O) groups excluding carboxylic acids is 1. The lowest BCUT2D eigenvalue weighted by Crippen LogP contribution is -2.37. The number of carbonyl (C=O) groups is 1. The zero-order valence-corrected chi connectivity index (χ0v) is 18.5. The molecule has 0 unspecified atom stereocenters. The van der Waals surface area contributed by atoms with Gasteiger partial charge in [-0.2, -0.15) is 18.2 Å². The van der Waals surface area contributed by atoms with Crippen LogP contribution in [0.25, 0.3) is 10.3 Å². The Bertz CT molecular complexity index is 1230. The third-order valence-electron chi connectivity index (χ3n) is 5.29. The highest BCUT2D eigenvalue weighted by Crippen LogP contribution is 2.36. The number of hydrogen-bond acceptors (Lipinski definition) is 6. The van der Waals surface area contributed by atoms with E-state index < -0.39 is 34.8 Å². The summed E-state index contributed by atoms with van der Waals surface area (Å²) in [5.41, 5.74) is -1.24. The molecule has 0 bridgehead atoms. The van der Waals surface area contributed by atoms with E-state index in [2.05, 4.69) is 27.1 Å². The Morgan fingerprint density at radius 1 is 1.34 bits per heavy atom. The summed E-state index contributed by atoms with van der Waals surface area (Å²) in [7, 11) is 0. The molecule has 3 heterocycles. The van der Waals surface area contributed by atoms with E-state index in [0.717, 1.165) is 47.6 Å². The summed E-state index contributed by atoms with van der Waals surface area (Å²) in [5.74, 6) is -0.668. The Hall–Kier alpha value is -2.66. The Labute approximate surface area is 189 Å². The Balaban J connectivity index is 1.54. The third kappa shape index (κ3) is 4.58.